The number of carbonyl (C=O) groups excluding carboxylic acids is 3. The van der Waals surface area contributed by atoms with Crippen LogP contribution in [0.3, 0.4) is 0 Å². The van der Waals surface area contributed by atoms with Gasteiger partial charge in [-0.15, -0.1) is 0 Å². The van der Waals surface area contributed by atoms with Gasteiger partial charge in [-0.25, -0.2) is 4.39 Å². The molecule has 29 heavy (non-hydrogen) atoms. The summed E-state index contributed by atoms with van der Waals surface area (Å²) >= 11 is 0. The van der Waals surface area contributed by atoms with Crippen LogP contribution in [0.25, 0.3) is 0 Å². The van der Waals surface area contributed by atoms with Crippen molar-refractivity contribution in [3.05, 3.63) is 35.9 Å². The molecule has 1 saturated heterocycles. The number of hydrogen-bond donors (Lipinski definition) is 2. The number of carbonyl (C=O) groups is 3. The maximum absolute atomic E-state index is 13.8. The van der Waals surface area contributed by atoms with Gasteiger partial charge in [0.25, 0.3) is 0 Å². The van der Waals surface area contributed by atoms with E-state index in [9.17, 15) is 18.8 Å². The van der Waals surface area contributed by atoms with Crippen molar-refractivity contribution in [3.63, 3.8) is 0 Å². The highest BCUT2D eigenvalue weighted by atomic mass is 19.1. The first kappa shape index (κ1) is 19.9. The van der Waals surface area contributed by atoms with Gasteiger partial charge in [0.15, 0.2) is 0 Å². The number of hydrogen-bond acceptors (Lipinski definition) is 3. The zero-order chi connectivity index (χ0) is 20.8. The molecule has 0 aromatic heterocycles. The average molecular weight is 401 g/mol. The summed E-state index contributed by atoms with van der Waals surface area (Å²) in [5.41, 5.74) is 5.33. The molecule has 0 spiro atoms. The Balaban J connectivity index is 1.45. The molecular formula is C22H28FN3O3. The van der Waals surface area contributed by atoms with E-state index in [1.165, 1.54) is 0 Å². The third-order valence-electron chi connectivity index (χ3n) is 6.94. The van der Waals surface area contributed by atoms with Crippen LogP contribution in [0.5, 0.6) is 0 Å². The number of nitrogens with zero attached hydrogens (tertiary/aromatic N) is 1. The number of nitrogens with one attached hydrogen (secondary N) is 1. The Kier molecular flexibility index (Phi) is 5.09. The highest BCUT2D eigenvalue weighted by Crippen LogP contribution is 2.46. The Morgan fingerprint density at radius 1 is 1.21 bits per heavy atom. The molecule has 4 atom stereocenters. The maximum atomic E-state index is 13.8. The molecule has 3 amide bonds. The predicted molar refractivity (Wildman–Crippen MR) is 105 cm³/mol. The molecule has 3 fully saturated rings. The summed E-state index contributed by atoms with van der Waals surface area (Å²) in [7, 11) is 0. The van der Waals surface area contributed by atoms with Crippen molar-refractivity contribution in [1.29, 1.82) is 0 Å². The molecule has 1 aliphatic heterocycles. The van der Waals surface area contributed by atoms with Crippen LogP contribution in [-0.2, 0) is 19.8 Å². The minimum atomic E-state index is -0.967. The lowest BCUT2D eigenvalue weighted by atomic mass is 9.62. The van der Waals surface area contributed by atoms with Crippen molar-refractivity contribution in [2.24, 2.45) is 17.6 Å². The fourth-order valence-electron chi connectivity index (χ4n) is 5.11. The van der Waals surface area contributed by atoms with E-state index in [0.717, 1.165) is 5.56 Å². The Morgan fingerprint density at radius 3 is 2.45 bits per heavy atom. The highest BCUT2D eigenvalue weighted by Gasteiger charge is 2.54. The second kappa shape index (κ2) is 7.43. The molecule has 156 valence electrons. The van der Waals surface area contributed by atoms with Gasteiger partial charge in [0.1, 0.15) is 6.17 Å². The minimum Gasteiger partial charge on any atom is -0.369 e. The van der Waals surface area contributed by atoms with Crippen molar-refractivity contribution in [2.75, 3.05) is 6.54 Å². The maximum Gasteiger partial charge on any atom is 0.231 e. The van der Waals surface area contributed by atoms with E-state index in [-0.39, 0.29) is 48.6 Å². The zero-order valence-corrected chi connectivity index (χ0v) is 16.6. The summed E-state index contributed by atoms with van der Waals surface area (Å²) in [6.45, 7) is 2.54. The number of likely N-dealkylation sites (tertiary alicyclic amines) is 1. The quantitative estimate of drug-likeness (QED) is 0.760. The first-order valence-corrected chi connectivity index (χ1v) is 10.5. The van der Waals surface area contributed by atoms with Gasteiger partial charge in [0.2, 0.25) is 17.7 Å². The third kappa shape index (κ3) is 3.40. The van der Waals surface area contributed by atoms with Crippen molar-refractivity contribution in [1.82, 2.24) is 10.2 Å². The van der Waals surface area contributed by atoms with E-state index in [1.807, 2.05) is 37.3 Å². The van der Waals surface area contributed by atoms with Crippen LogP contribution in [0.4, 0.5) is 4.39 Å². The van der Waals surface area contributed by atoms with Crippen molar-refractivity contribution >= 4 is 17.7 Å². The summed E-state index contributed by atoms with van der Waals surface area (Å²) in [5.74, 6) is -1.28. The number of primary amides is 1. The van der Waals surface area contributed by atoms with E-state index >= 15 is 0 Å². The van der Waals surface area contributed by atoms with Crippen LogP contribution in [0.2, 0.25) is 0 Å². The average Bonchev–Trinajstić information content (AvgIpc) is 3.40. The summed E-state index contributed by atoms with van der Waals surface area (Å²) in [4.78, 5) is 39.2. The zero-order valence-electron chi connectivity index (χ0n) is 16.6. The first-order valence-electron chi connectivity index (χ1n) is 10.5. The normalized spacial score (nSPS) is 35.7. The fourth-order valence-corrected chi connectivity index (χ4v) is 5.11. The van der Waals surface area contributed by atoms with Gasteiger partial charge in [0.05, 0.1) is 29.3 Å². The van der Waals surface area contributed by atoms with E-state index in [4.69, 9.17) is 5.73 Å². The molecule has 4 rings (SSSR count). The lowest BCUT2D eigenvalue weighted by molar-refractivity contribution is -0.137. The summed E-state index contributed by atoms with van der Waals surface area (Å²) < 4.78 is 13.8. The van der Waals surface area contributed by atoms with Gasteiger partial charge in [-0.05, 0) is 37.7 Å². The number of alkyl halides is 1. The lowest BCUT2D eigenvalue weighted by Gasteiger charge is -2.44. The topological polar surface area (TPSA) is 92.5 Å². The molecule has 3 N–H and O–H groups in total. The number of rotatable bonds is 6. The van der Waals surface area contributed by atoms with E-state index in [1.54, 1.807) is 4.90 Å². The van der Waals surface area contributed by atoms with Gasteiger partial charge < -0.3 is 16.0 Å². The molecule has 1 heterocycles. The van der Waals surface area contributed by atoms with Crippen LogP contribution >= 0.6 is 0 Å². The van der Waals surface area contributed by atoms with Crippen LogP contribution < -0.4 is 11.1 Å². The smallest absolute Gasteiger partial charge is 0.231 e. The number of amides is 3. The molecule has 2 saturated carbocycles. The van der Waals surface area contributed by atoms with E-state index in [2.05, 4.69) is 5.32 Å². The highest BCUT2D eigenvalue weighted by molar-refractivity contribution is 5.92. The van der Waals surface area contributed by atoms with Crippen molar-refractivity contribution in [2.45, 2.75) is 62.7 Å². The minimum absolute atomic E-state index is 0.0392. The molecule has 2 aliphatic carbocycles. The fraction of sp³-hybridized carbons (Fsp3) is 0.591. The Hall–Kier alpha value is -2.44. The number of nitrogens with two attached hydrogens (primary N) is 1. The van der Waals surface area contributed by atoms with Crippen molar-refractivity contribution in [3.8, 4) is 0 Å². The number of benzene rings is 1. The molecule has 0 radical (unpaired) electrons. The molecule has 3 aliphatic rings. The Labute approximate surface area is 170 Å². The summed E-state index contributed by atoms with van der Waals surface area (Å²) in [6, 6.07) is 9.09. The Bertz CT molecular complexity index is 809. The monoisotopic (exact) mass is 401 g/mol. The SMILES string of the molecule is CC[C@@H]1[C@@H](NC(=O)C2(c3ccccc3)CC(F)C2)CCN1C(=O)[C@@H]1C[C@@H]1C(N)=O. The largest absolute Gasteiger partial charge is 0.369 e. The molecular weight excluding hydrogens is 373 g/mol. The van der Waals surface area contributed by atoms with Crippen LogP contribution in [0.15, 0.2) is 30.3 Å². The van der Waals surface area contributed by atoms with Crippen molar-refractivity contribution < 1.29 is 18.8 Å². The number of halogens is 1. The molecule has 7 heteroatoms. The Morgan fingerprint density at radius 2 is 1.90 bits per heavy atom. The predicted octanol–water partition coefficient (Wildman–Crippen LogP) is 1.67. The summed E-state index contributed by atoms with van der Waals surface area (Å²) in [5, 5.41) is 3.13. The van der Waals surface area contributed by atoms with Gasteiger partial charge in [-0.2, -0.15) is 0 Å². The molecule has 0 bridgehead atoms. The lowest BCUT2D eigenvalue weighted by Crippen LogP contribution is -2.58. The van der Waals surface area contributed by atoms with Crippen LogP contribution in [0.1, 0.15) is 44.6 Å². The van der Waals surface area contributed by atoms with Gasteiger partial charge in [-0.3, -0.25) is 14.4 Å². The van der Waals surface area contributed by atoms with Crippen LogP contribution in [0, 0.1) is 11.8 Å². The van der Waals surface area contributed by atoms with Crippen LogP contribution in [-0.4, -0.2) is 47.4 Å². The third-order valence-corrected chi connectivity index (χ3v) is 6.94. The molecule has 1 aromatic rings. The second-order valence-electron chi connectivity index (χ2n) is 8.68. The van der Waals surface area contributed by atoms with E-state index in [0.29, 0.717) is 25.8 Å². The molecule has 0 unspecified atom stereocenters. The molecule has 6 nitrogen and oxygen atoms in total. The second-order valence-corrected chi connectivity index (χ2v) is 8.68. The van der Waals surface area contributed by atoms with E-state index < -0.39 is 17.5 Å². The first-order chi connectivity index (χ1) is 13.9. The standard InChI is InChI=1S/C22H28FN3O3/c1-2-18-17(8-9-26(18)20(28)16-10-15(16)19(24)27)25-21(29)22(11-14(23)12-22)13-6-4-3-5-7-13/h3-7,14-18H,2,8-12H2,1H3,(H2,24,27)(H,25,29)/t14?,15-,16+,17-,18+,22?/m0/s1. The van der Waals surface area contributed by atoms with Gasteiger partial charge in [0, 0.05) is 6.54 Å². The van der Waals surface area contributed by atoms with Gasteiger partial charge >= 0.3 is 0 Å². The summed E-state index contributed by atoms with van der Waals surface area (Å²) in [6.07, 6.45) is 1.30. The molecule has 1 aromatic carbocycles. The van der Waals surface area contributed by atoms with Gasteiger partial charge in [-0.1, -0.05) is 37.3 Å².